The van der Waals surface area contributed by atoms with Crippen LogP contribution in [0.5, 0.6) is 5.75 Å². The Kier molecular flexibility index (Phi) is 5.83. The number of amides is 1. The number of hydrogen-bond acceptors (Lipinski definition) is 7. The summed E-state index contributed by atoms with van der Waals surface area (Å²) in [4.78, 5) is 36.2. The first kappa shape index (κ1) is 21.4. The minimum Gasteiger partial charge on any atom is -0.482 e. The van der Waals surface area contributed by atoms with Gasteiger partial charge in [-0.2, -0.15) is 0 Å². The summed E-state index contributed by atoms with van der Waals surface area (Å²) in [5.74, 6) is -1.00. The van der Waals surface area contributed by atoms with Gasteiger partial charge in [0, 0.05) is 23.7 Å². The van der Waals surface area contributed by atoms with E-state index in [1.54, 1.807) is 35.3 Å². The van der Waals surface area contributed by atoms with E-state index >= 15 is 0 Å². The third-order valence-electron chi connectivity index (χ3n) is 5.32. The van der Waals surface area contributed by atoms with Crippen LogP contribution in [-0.4, -0.2) is 42.0 Å². The van der Waals surface area contributed by atoms with Gasteiger partial charge >= 0.3 is 5.97 Å². The molecule has 0 aromatic heterocycles. The first-order valence-electron chi connectivity index (χ1n) is 10.3. The number of ether oxygens (including phenoxy) is 1. The summed E-state index contributed by atoms with van der Waals surface area (Å²) in [6.45, 7) is 1.61. The largest absolute Gasteiger partial charge is 0.482 e. The Morgan fingerprint density at radius 3 is 2.69 bits per heavy atom. The number of Topliss-reactive ketones (excluding diaryl/α,β-unsaturated/α-hetero) is 1. The first-order chi connectivity index (χ1) is 15.3. The summed E-state index contributed by atoms with van der Waals surface area (Å²) >= 11 is 0. The Morgan fingerprint density at radius 1 is 1.19 bits per heavy atom. The second-order valence-corrected chi connectivity index (χ2v) is 7.82. The van der Waals surface area contributed by atoms with Gasteiger partial charge in [-0.3, -0.25) is 14.6 Å². The van der Waals surface area contributed by atoms with Crippen LogP contribution in [0.3, 0.4) is 0 Å². The molecule has 0 radical (unpaired) electrons. The predicted molar refractivity (Wildman–Crippen MR) is 117 cm³/mol. The molecule has 2 aliphatic rings. The van der Waals surface area contributed by atoms with Gasteiger partial charge in [-0.15, -0.1) is 0 Å². The van der Waals surface area contributed by atoms with E-state index in [-0.39, 0.29) is 35.8 Å². The number of anilines is 1. The van der Waals surface area contributed by atoms with Gasteiger partial charge in [-0.1, -0.05) is 18.2 Å². The maximum absolute atomic E-state index is 13.1. The number of ketones is 1. The van der Waals surface area contributed by atoms with Gasteiger partial charge in [0.25, 0.3) is 5.91 Å². The molecule has 0 atom stereocenters. The Balaban J connectivity index is 1.56. The second-order valence-electron chi connectivity index (χ2n) is 7.82. The molecule has 9 heteroatoms. The smallest absolute Gasteiger partial charge is 0.341 e. The van der Waals surface area contributed by atoms with Crippen molar-refractivity contribution >= 4 is 23.3 Å². The molecule has 1 saturated carbocycles. The van der Waals surface area contributed by atoms with Crippen LogP contribution in [0.1, 0.15) is 39.1 Å². The fourth-order valence-corrected chi connectivity index (χ4v) is 3.41. The fourth-order valence-electron chi connectivity index (χ4n) is 3.41. The molecule has 2 aromatic rings. The Bertz CT molecular complexity index is 1120. The number of carboxylic acids is 1. The van der Waals surface area contributed by atoms with E-state index in [2.05, 4.69) is 10.7 Å². The third-order valence-corrected chi connectivity index (χ3v) is 5.32. The van der Waals surface area contributed by atoms with Gasteiger partial charge in [0.2, 0.25) is 0 Å². The van der Waals surface area contributed by atoms with Gasteiger partial charge < -0.3 is 20.9 Å². The van der Waals surface area contributed by atoms with Crippen molar-refractivity contribution in [3.8, 4) is 5.75 Å². The van der Waals surface area contributed by atoms with Crippen molar-refractivity contribution in [2.45, 2.75) is 25.8 Å². The predicted octanol–water partition coefficient (Wildman–Crippen LogP) is 1.73. The first-order valence-corrected chi connectivity index (χ1v) is 10.3. The molecule has 5 N–H and O–H groups in total. The van der Waals surface area contributed by atoms with Gasteiger partial charge in [0.05, 0.1) is 11.3 Å². The standard InChI is InChI=1S/C23H24N4O5/c1-13-5-6-15(23(31)26-16-7-8-16)10-19(13)27-22(24)18(11-25-27)21(30)14-3-2-4-17(9-14)32-12-20(28)29/h2-6,9-10,16,25H,7-8,11-12,24H2,1H3,(H,26,31)(H,28,29). The van der Waals surface area contributed by atoms with E-state index in [1.165, 1.54) is 6.07 Å². The minimum absolute atomic E-state index is 0.134. The highest BCUT2D eigenvalue weighted by atomic mass is 16.5. The second kappa shape index (κ2) is 8.72. The van der Waals surface area contributed by atoms with Crippen molar-refractivity contribution in [1.29, 1.82) is 0 Å². The van der Waals surface area contributed by atoms with Crippen LogP contribution < -0.4 is 26.2 Å². The lowest BCUT2D eigenvalue weighted by molar-refractivity contribution is -0.139. The van der Waals surface area contributed by atoms with Gasteiger partial charge in [0.1, 0.15) is 11.6 Å². The monoisotopic (exact) mass is 436 g/mol. The molecule has 1 aliphatic carbocycles. The minimum atomic E-state index is -1.10. The van der Waals surface area contributed by atoms with Crippen molar-refractivity contribution < 1.29 is 24.2 Å². The number of carbonyl (C=O) groups excluding carboxylic acids is 2. The zero-order valence-electron chi connectivity index (χ0n) is 17.6. The van der Waals surface area contributed by atoms with Crippen molar-refractivity contribution in [2.75, 3.05) is 18.2 Å². The summed E-state index contributed by atoms with van der Waals surface area (Å²) in [6, 6.07) is 11.9. The number of nitrogens with two attached hydrogens (primary N) is 1. The molecule has 1 amide bonds. The molecule has 0 spiro atoms. The molecule has 0 saturated heterocycles. The molecular formula is C23H24N4O5. The molecule has 1 heterocycles. The normalized spacial score (nSPS) is 15.6. The maximum Gasteiger partial charge on any atom is 0.341 e. The van der Waals surface area contributed by atoms with E-state index in [1.807, 2.05) is 13.0 Å². The number of aliphatic carboxylic acids is 1. The molecule has 1 aliphatic heterocycles. The zero-order chi connectivity index (χ0) is 22.8. The number of aryl methyl sites for hydroxylation is 1. The average molecular weight is 436 g/mol. The lowest BCUT2D eigenvalue weighted by atomic mass is 10.0. The number of hydrogen-bond donors (Lipinski definition) is 4. The quantitative estimate of drug-likeness (QED) is 0.460. The van der Waals surface area contributed by atoms with Crippen molar-refractivity contribution in [2.24, 2.45) is 5.73 Å². The van der Waals surface area contributed by atoms with Crippen LogP contribution in [0, 0.1) is 6.92 Å². The van der Waals surface area contributed by atoms with Crippen molar-refractivity contribution in [1.82, 2.24) is 10.7 Å². The van der Waals surface area contributed by atoms with Crippen LogP contribution in [-0.2, 0) is 4.79 Å². The van der Waals surface area contributed by atoms with E-state index in [9.17, 15) is 14.4 Å². The number of carbonyl (C=O) groups is 3. The summed E-state index contributed by atoms with van der Waals surface area (Å²) in [7, 11) is 0. The molecule has 0 unspecified atom stereocenters. The number of benzene rings is 2. The maximum atomic E-state index is 13.1. The molecule has 2 aromatic carbocycles. The van der Waals surface area contributed by atoms with E-state index < -0.39 is 12.6 Å². The molecule has 166 valence electrons. The van der Waals surface area contributed by atoms with Crippen LogP contribution in [0.2, 0.25) is 0 Å². The third kappa shape index (κ3) is 4.57. The molecule has 9 nitrogen and oxygen atoms in total. The lowest BCUT2D eigenvalue weighted by Crippen LogP contribution is -2.35. The van der Waals surface area contributed by atoms with E-state index in [4.69, 9.17) is 15.6 Å². The Morgan fingerprint density at radius 2 is 1.97 bits per heavy atom. The number of nitrogens with zero attached hydrogens (tertiary/aromatic N) is 1. The van der Waals surface area contributed by atoms with Crippen LogP contribution in [0.15, 0.2) is 53.9 Å². The molecule has 1 fully saturated rings. The summed E-state index contributed by atoms with van der Waals surface area (Å²) in [6.07, 6.45) is 2.00. The fraction of sp³-hybridized carbons (Fsp3) is 0.261. The Labute approximate surface area is 184 Å². The lowest BCUT2D eigenvalue weighted by Gasteiger charge is -2.22. The highest BCUT2D eigenvalue weighted by molar-refractivity contribution is 6.10. The van der Waals surface area contributed by atoms with Crippen LogP contribution >= 0.6 is 0 Å². The molecule has 32 heavy (non-hydrogen) atoms. The van der Waals surface area contributed by atoms with E-state index in [0.29, 0.717) is 22.4 Å². The van der Waals surface area contributed by atoms with Gasteiger partial charge in [0.15, 0.2) is 12.4 Å². The van der Waals surface area contributed by atoms with Gasteiger partial charge in [-0.05, 0) is 49.6 Å². The number of nitrogens with one attached hydrogen (secondary N) is 2. The van der Waals surface area contributed by atoms with Crippen LogP contribution in [0.25, 0.3) is 0 Å². The highest BCUT2D eigenvalue weighted by Crippen LogP contribution is 2.28. The number of rotatable bonds is 8. The Hall–Kier alpha value is -3.85. The van der Waals surface area contributed by atoms with Crippen molar-refractivity contribution in [3.63, 3.8) is 0 Å². The zero-order valence-corrected chi connectivity index (χ0v) is 17.6. The molecule has 0 bridgehead atoms. The van der Waals surface area contributed by atoms with Gasteiger partial charge in [-0.25, -0.2) is 10.2 Å². The SMILES string of the molecule is Cc1ccc(C(=O)NC2CC2)cc1N1NCC(C(=O)c2cccc(OCC(=O)O)c2)=C1N. The molecule has 4 rings (SSSR count). The van der Waals surface area contributed by atoms with Crippen LogP contribution in [0.4, 0.5) is 5.69 Å². The summed E-state index contributed by atoms with van der Waals surface area (Å²) in [5.41, 5.74) is 12.2. The van der Waals surface area contributed by atoms with E-state index in [0.717, 1.165) is 18.4 Å². The number of carboxylic acid groups (broad SMARTS) is 1. The van der Waals surface area contributed by atoms with Crippen molar-refractivity contribution in [3.05, 3.63) is 70.5 Å². The molecular weight excluding hydrogens is 412 g/mol. The summed E-state index contributed by atoms with van der Waals surface area (Å²) < 4.78 is 5.16. The topological polar surface area (TPSA) is 134 Å². The summed E-state index contributed by atoms with van der Waals surface area (Å²) in [5, 5.41) is 13.3. The average Bonchev–Trinajstić information content (AvgIpc) is 3.51. The number of hydrazine groups is 1. The highest BCUT2D eigenvalue weighted by Gasteiger charge is 2.29.